The minimum atomic E-state index is -1.80. The van der Waals surface area contributed by atoms with Crippen molar-refractivity contribution in [1.82, 2.24) is 5.32 Å². The zero-order chi connectivity index (χ0) is 70.8. The molecule has 12 atom stereocenters. The SMILES string of the molecule is CC/C=C\C/C=C\C/C=C\C/C=C\C/C=C\C/C=C\CCCCCCCCCCCCCCCCC(=O)NC(COC1OC(CO)C(OC2OC(CO)C(O)C(O)C2O)C(O)C1O)C(O)/C=C/CC/C=C/CCCCCCCCCCCCCCCCCCCCCCCCCCC. The lowest BCUT2D eigenvalue weighted by Crippen LogP contribution is -2.65. The van der Waals surface area contributed by atoms with Gasteiger partial charge in [-0.3, -0.25) is 4.79 Å². The predicted octanol–water partition coefficient (Wildman–Crippen LogP) is 18.5. The molecule has 0 aromatic carbocycles. The molecule has 14 nitrogen and oxygen atoms in total. The van der Waals surface area contributed by atoms with Crippen molar-refractivity contribution < 1.29 is 64.6 Å². The van der Waals surface area contributed by atoms with E-state index < -0.39 is 86.8 Å². The Labute approximate surface area is 598 Å². The summed E-state index contributed by atoms with van der Waals surface area (Å²) >= 11 is 0. The van der Waals surface area contributed by atoms with E-state index in [1.807, 2.05) is 6.08 Å². The van der Waals surface area contributed by atoms with Gasteiger partial charge in [0.05, 0.1) is 32.0 Å². The third-order valence-corrected chi connectivity index (χ3v) is 19.3. The molecule has 0 saturated carbocycles. The molecule has 12 unspecified atom stereocenters. The van der Waals surface area contributed by atoms with Gasteiger partial charge in [-0.1, -0.05) is 342 Å². The summed E-state index contributed by atoms with van der Waals surface area (Å²) in [4.78, 5) is 13.4. The first-order chi connectivity index (χ1) is 48.1. The molecule has 0 bridgehead atoms. The quantitative estimate of drug-likeness (QED) is 0.0204. The molecule has 2 saturated heterocycles. The van der Waals surface area contributed by atoms with E-state index in [1.165, 1.54) is 231 Å². The fourth-order valence-corrected chi connectivity index (χ4v) is 12.9. The number of ether oxygens (including phenoxy) is 4. The van der Waals surface area contributed by atoms with Crippen LogP contribution in [0.25, 0.3) is 0 Å². The number of nitrogens with one attached hydrogen (secondary N) is 1. The molecule has 0 aliphatic carbocycles. The zero-order valence-corrected chi connectivity index (χ0v) is 62.3. The molecule has 2 rings (SSSR count). The first kappa shape index (κ1) is 91.0. The number of hydrogen-bond acceptors (Lipinski definition) is 13. The molecule has 568 valence electrons. The fraction of sp³-hybridized carbons (Fsp3) is 0.798. The van der Waals surface area contributed by atoms with Crippen LogP contribution in [0.3, 0.4) is 0 Å². The molecule has 2 aliphatic heterocycles. The molecular weight excluding hydrogens is 1230 g/mol. The number of allylic oxidation sites excluding steroid dienone is 15. The smallest absolute Gasteiger partial charge is 0.220 e. The van der Waals surface area contributed by atoms with E-state index in [9.17, 15) is 45.6 Å². The van der Waals surface area contributed by atoms with Crippen LogP contribution in [0.2, 0.25) is 0 Å². The van der Waals surface area contributed by atoms with E-state index in [4.69, 9.17) is 18.9 Å². The van der Waals surface area contributed by atoms with E-state index in [1.54, 1.807) is 6.08 Å². The summed E-state index contributed by atoms with van der Waals surface area (Å²) in [5.41, 5.74) is 0. The zero-order valence-electron chi connectivity index (χ0n) is 62.3. The Balaban J connectivity index is 1.63. The third kappa shape index (κ3) is 49.5. The van der Waals surface area contributed by atoms with Crippen molar-refractivity contribution in [2.75, 3.05) is 19.8 Å². The summed E-state index contributed by atoms with van der Waals surface area (Å²) < 4.78 is 22.9. The van der Waals surface area contributed by atoms with Gasteiger partial charge >= 0.3 is 0 Å². The highest BCUT2D eigenvalue weighted by Crippen LogP contribution is 2.30. The van der Waals surface area contributed by atoms with E-state index in [-0.39, 0.29) is 18.9 Å². The molecule has 0 spiro atoms. The summed E-state index contributed by atoms with van der Waals surface area (Å²) in [7, 11) is 0. The van der Waals surface area contributed by atoms with Gasteiger partial charge < -0.3 is 65.1 Å². The first-order valence-corrected chi connectivity index (χ1v) is 40.5. The third-order valence-electron chi connectivity index (χ3n) is 19.3. The highest BCUT2D eigenvalue weighted by molar-refractivity contribution is 5.76. The monoisotopic (exact) mass is 1380 g/mol. The van der Waals surface area contributed by atoms with Gasteiger partial charge in [0, 0.05) is 6.42 Å². The van der Waals surface area contributed by atoms with E-state index >= 15 is 0 Å². The molecule has 14 heteroatoms. The number of aliphatic hydroxyl groups excluding tert-OH is 8. The molecule has 2 fully saturated rings. The van der Waals surface area contributed by atoms with Gasteiger partial charge in [0.2, 0.25) is 5.91 Å². The maximum Gasteiger partial charge on any atom is 0.220 e. The molecule has 0 aromatic rings. The van der Waals surface area contributed by atoms with Gasteiger partial charge in [-0.2, -0.15) is 0 Å². The van der Waals surface area contributed by atoms with Crippen molar-refractivity contribution in [2.45, 2.75) is 408 Å². The van der Waals surface area contributed by atoms with Crippen LogP contribution in [0.4, 0.5) is 0 Å². The number of rotatable bonds is 67. The minimum Gasteiger partial charge on any atom is -0.394 e. The second kappa shape index (κ2) is 67.1. The molecule has 1 amide bonds. The lowest BCUT2D eigenvalue weighted by atomic mass is 9.97. The fourth-order valence-electron chi connectivity index (χ4n) is 12.9. The van der Waals surface area contributed by atoms with Crippen LogP contribution in [-0.4, -0.2) is 140 Å². The van der Waals surface area contributed by atoms with E-state index in [2.05, 4.69) is 104 Å². The normalized spacial score (nSPS) is 22.6. The van der Waals surface area contributed by atoms with Crippen molar-refractivity contribution in [3.05, 3.63) is 97.2 Å². The van der Waals surface area contributed by atoms with Crippen LogP contribution < -0.4 is 5.32 Å². The maximum absolute atomic E-state index is 13.4. The van der Waals surface area contributed by atoms with Crippen LogP contribution in [0.1, 0.15) is 335 Å². The summed E-state index contributed by atoms with van der Waals surface area (Å²) in [6.07, 6.45) is 79.2. The minimum absolute atomic E-state index is 0.249. The number of carbonyl (C=O) groups is 1. The summed E-state index contributed by atoms with van der Waals surface area (Å²) in [5, 5.41) is 87.7. The summed E-state index contributed by atoms with van der Waals surface area (Å²) in [6, 6.07) is -0.939. The van der Waals surface area contributed by atoms with Crippen molar-refractivity contribution in [2.24, 2.45) is 0 Å². The number of amides is 1. The second-order valence-corrected chi connectivity index (χ2v) is 28.2. The van der Waals surface area contributed by atoms with Gasteiger partial charge in [0.15, 0.2) is 12.6 Å². The highest BCUT2D eigenvalue weighted by atomic mass is 16.7. The molecular formula is C84H149NO13. The van der Waals surface area contributed by atoms with Gasteiger partial charge in [-0.05, 0) is 83.5 Å². The molecule has 2 heterocycles. The van der Waals surface area contributed by atoms with Crippen LogP contribution in [0, 0.1) is 0 Å². The summed E-state index contributed by atoms with van der Waals surface area (Å²) in [6.45, 7) is 2.71. The average Bonchev–Trinajstić information content (AvgIpc) is 0.793. The predicted molar refractivity (Wildman–Crippen MR) is 406 cm³/mol. The van der Waals surface area contributed by atoms with Gasteiger partial charge in [-0.15, -0.1) is 0 Å². The molecule has 2 aliphatic rings. The lowest BCUT2D eigenvalue weighted by Gasteiger charge is -2.46. The Bertz CT molecular complexity index is 2020. The Morgan fingerprint density at radius 3 is 1.12 bits per heavy atom. The van der Waals surface area contributed by atoms with Crippen LogP contribution >= 0.6 is 0 Å². The number of hydrogen-bond donors (Lipinski definition) is 9. The largest absolute Gasteiger partial charge is 0.394 e. The molecule has 9 N–H and O–H groups in total. The number of carbonyl (C=O) groups excluding carboxylic acids is 1. The highest BCUT2D eigenvalue weighted by Gasteiger charge is 2.51. The van der Waals surface area contributed by atoms with Crippen molar-refractivity contribution in [1.29, 1.82) is 0 Å². The van der Waals surface area contributed by atoms with Gasteiger partial charge in [0.25, 0.3) is 0 Å². The molecule has 0 radical (unpaired) electrons. The Kier molecular flexibility index (Phi) is 62.3. The Morgan fingerprint density at radius 1 is 0.378 bits per heavy atom. The van der Waals surface area contributed by atoms with Crippen LogP contribution in [-0.2, 0) is 23.7 Å². The van der Waals surface area contributed by atoms with Crippen molar-refractivity contribution in [3.8, 4) is 0 Å². The Morgan fingerprint density at radius 2 is 0.714 bits per heavy atom. The lowest BCUT2D eigenvalue weighted by molar-refractivity contribution is -0.359. The number of aliphatic hydroxyl groups is 8. The number of unbranched alkanes of at least 4 members (excludes halogenated alkanes) is 40. The standard InChI is InChI=1S/C84H149NO13/c1-3-5-7-9-11-13-15-17-19-21-23-25-27-29-31-33-35-36-38-40-42-44-46-48-50-52-54-56-58-60-62-64-66-68-76(89)85-72(71-95-83-81(94)79(92)82(75(70-87)97-83)98-84-80(93)78(91)77(90)74(69-86)96-84)73(88)67-65-63-61-59-57-55-53-51-49-47-45-43-41-39-37-34-32-30-28-26-24-22-20-18-16-14-12-10-8-6-4-2/h5,7,11,13,17,19,23,25,29,31,35-36,57,59,65,67,72-75,77-84,86-88,90-94H,3-4,6,8-10,12,14-16,18,20-22,24,26-28,30,32-34,37-56,58,60-64,66,68-71H2,1-2H3,(H,85,89)/b7-5-,13-11-,19-17-,25-23-,31-29-,36-35-,59-57+,67-65+. The second-order valence-electron chi connectivity index (χ2n) is 28.2. The van der Waals surface area contributed by atoms with Crippen molar-refractivity contribution >= 4 is 5.91 Å². The van der Waals surface area contributed by atoms with Crippen molar-refractivity contribution in [3.63, 3.8) is 0 Å². The van der Waals surface area contributed by atoms with Crippen LogP contribution in [0.5, 0.6) is 0 Å². The van der Waals surface area contributed by atoms with Gasteiger partial charge in [-0.25, -0.2) is 0 Å². The van der Waals surface area contributed by atoms with Crippen LogP contribution in [0.15, 0.2) is 97.2 Å². The first-order valence-electron chi connectivity index (χ1n) is 40.5. The molecule has 98 heavy (non-hydrogen) atoms. The summed E-state index contributed by atoms with van der Waals surface area (Å²) in [5.74, 6) is -0.249. The average molecular weight is 1380 g/mol. The van der Waals surface area contributed by atoms with Gasteiger partial charge in [0.1, 0.15) is 48.8 Å². The van der Waals surface area contributed by atoms with E-state index in [0.29, 0.717) is 12.8 Å². The topological polar surface area (TPSA) is 228 Å². The van der Waals surface area contributed by atoms with E-state index in [0.717, 1.165) is 70.6 Å². The Hall–Kier alpha value is -3.09. The maximum atomic E-state index is 13.4. The molecule has 0 aromatic heterocycles.